The van der Waals surface area contributed by atoms with E-state index in [1.807, 2.05) is 67.6 Å². The molecule has 0 saturated carbocycles. The number of ketones is 1. The molecule has 128 valence electrons. The summed E-state index contributed by atoms with van der Waals surface area (Å²) in [7, 11) is 0. The van der Waals surface area contributed by atoms with Gasteiger partial charge in [0.25, 0.3) is 0 Å². The second-order valence-corrected chi connectivity index (χ2v) is 7.17. The molecule has 26 heavy (non-hydrogen) atoms. The van der Waals surface area contributed by atoms with Crippen molar-refractivity contribution in [1.82, 2.24) is 20.2 Å². The van der Waals surface area contributed by atoms with Crippen LogP contribution in [0.2, 0.25) is 0 Å². The molecular weight excluding hydrogens is 344 g/mol. The Morgan fingerprint density at radius 3 is 2.54 bits per heavy atom. The van der Waals surface area contributed by atoms with Crippen LogP contribution >= 0.6 is 11.8 Å². The zero-order valence-corrected chi connectivity index (χ0v) is 14.9. The Morgan fingerprint density at radius 1 is 0.962 bits per heavy atom. The third-order valence-electron chi connectivity index (χ3n) is 4.15. The summed E-state index contributed by atoms with van der Waals surface area (Å²) in [5.41, 5.74) is 1.59. The third kappa shape index (κ3) is 3.11. The van der Waals surface area contributed by atoms with Crippen LogP contribution in [0.4, 0.5) is 0 Å². The summed E-state index contributed by atoms with van der Waals surface area (Å²) < 4.78 is 1.70. The van der Waals surface area contributed by atoms with Crippen molar-refractivity contribution in [2.45, 2.75) is 17.3 Å². The topological polar surface area (TPSA) is 60.7 Å². The monoisotopic (exact) mass is 360 g/mol. The van der Waals surface area contributed by atoms with E-state index in [2.05, 4.69) is 27.7 Å². The van der Waals surface area contributed by atoms with Crippen molar-refractivity contribution in [3.63, 3.8) is 0 Å². The predicted molar refractivity (Wildman–Crippen MR) is 103 cm³/mol. The summed E-state index contributed by atoms with van der Waals surface area (Å²) in [5.74, 6) is 0.0584. The Labute approximate surface area is 155 Å². The van der Waals surface area contributed by atoms with Gasteiger partial charge in [0.15, 0.2) is 5.78 Å². The lowest BCUT2D eigenvalue weighted by Crippen LogP contribution is -2.14. The fraction of sp³-hybridized carbons (Fsp3) is 0.100. The van der Waals surface area contributed by atoms with E-state index >= 15 is 0 Å². The van der Waals surface area contributed by atoms with Crippen molar-refractivity contribution >= 4 is 28.3 Å². The van der Waals surface area contributed by atoms with E-state index in [-0.39, 0.29) is 11.0 Å². The molecule has 5 nitrogen and oxygen atoms in total. The highest BCUT2D eigenvalue weighted by Crippen LogP contribution is 2.28. The van der Waals surface area contributed by atoms with Crippen molar-refractivity contribution in [3.05, 3.63) is 78.4 Å². The van der Waals surface area contributed by atoms with E-state index in [1.54, 1.807) is 4.68 Å². The zero-order chi connectivity index (χ0) is 17.9. The molecule has 1 aromatic heterocycles. The van der Waals surface area contributed by atoms with Crippen molar-refractivity contribution in [3.8, 4) is 5.69 Å². The van der Waals surface area contributed by atoms with Crippen LogP contribution in [0.3, 0.4) is 0 Å². The van der Waals surface area contributed by atoms with Gasteiger partial charge in [-0.25, -0.2) is 0 Å². The van der Waals surface area contributed by atoms with Gasteiger partial charge in [0.05, 0.1) is 10.9 Å². The summed E-state index contributed by atoms with van der Waals surface area (Å²) in [6.07, 6.45) is 0. The SMILES string of the molecule is CC(Sc1nnnn1-c1cccc2ccccc12)C(=O)c1ccccc1. The molecule has 0 spiro atoms. The summed E-state index contributed by atoms with van der Waals surface area (Å²) in [6.45, 7) is 1.88. The first-order valence-corrected chi connectivity index (χ1v) is 9.14. The molecule has 4 rings (SSSR count). The van der Waals surface area contributed by atoms with E-state index in [4.69, 9.17) is 0 Å². The van der Waals surface area contributed by atoms with E-state index in [9.17, 15) is 4.79 Å². The molecule has 0 radical (unpaired) electrons. The zero-order valence-electron chi connectivity index (χ0n) is 14.1. The molecule has 0 amide bonds. The Kier molecular flexibility index (Phi) is 4.50. The normalized spacial score (nSPS) is 12.2. The van der Waals surface area contributed by atoms with Gasteiger partial charge < -0.3 is 0 Å². The number of nitrogens with zero attached hydrogens (tertiary/aromatic N) is 4. The number of carbonyl (C=O) groups excluding carboxylic acids is 1. The first-order chi connectivity index (χ1) is 12.7. The molecule has 1 unspecified atom stereocenters. The van der Waals surface area contributed by atoms with Crippen LogP contribution in [0.25, 0.3) is 16.5 Å². The Bertz CT molecular complexity index is 1060. The van der Waals surface area contributed by atoms with Crippen LogP contribution in [0.5, 0.6) is 0 Å². The molecule has 0 saturated heterocycles. The number of carbonyl (C=O) groups is 1. The van der Waals surface area contributed by atoms with Gasteiger partial charge in [-0.1, -0.05) is 78.5 Å². The maximum absolute atomic E-state index is 12.6. The lowest BCUT2D eigenvalue weighted by Gasteiger charge is -2.11. The standard InChI is InChI=1S/C20H16N4OS/c1-14(19(25)16-9-3-2-4-10-16)26-20-21-22-23-24(20)18-13-7-11-15-8-5-6-12-17(15)18/h2-14H,1H3. The fourth-order valence-electron chi connectivity index (χ4n) is 2.85. The van der Waals surface area contributed by atoms with Crippen LogP contribution in [0, 0.1) is 0 Å². The number of tetrazole rings is 1. The molecule has 1 heterocycles. The Hall–Kier alpha value is -2.99. The van der Waals surface area contributed by atoms with Gasteiger partial charge in [0.2, 0.25) is 5.16 Å². The van der Waals surface area contributed by atoms with Crippen LogP contribution in [0.1, 0.15) is 17.3 Å². The van der Waals surface area contributed by atoms with Crippen molar-refractivity contribution in [2.75, 3.05) is 0 Å². The van der Waals surface area contributed by atoms with Gasteiger partial charge in [-0.3, -0.25) is 4.79 Å². The minimum absolute atomic E-state index is 0.0584. The van der Waals surface area contributed by atoms with Crippen LogP contribution in [-0.2, 0) is 0 Å². The largest absolute Gasteiger partial charge is 0.293 e. The number of thioether (sulfide) groups is 1. The van der Waals surface area contributed by atoms with E-state index in [1.165, 1.54) is 11.8 Å². The van der Waals surface area contributed by atoms with Gasteiger partial charge in [-0.2, -0.15) is 4.68 Å². The number of benzene rings is 3. The molecule has 6 heteroatoms. The van der Waals surface area contributed by atoms with E-state index in [0.717, 1.165) is 16.5 Å². The molecule has 4 aromatic rings. The quantitative estimate of drug-likeness (QED) is 0.395. The van der Waals surface area contributed by atoms with Crippen molar-refractivity contribution in [2.24, 2.45) is 0 Å². The highest BCUT2D eigenvalue weighted by Gasteiger charge is 2.20. The van der Waals surface area contributed by atoms with Crippen LogP contribution in [0.15, 0.2) is 78.0 Å². The lowest BCUT2D eigenvalue weighted by molar-refractivity contribution is 0.0994. The summed E-state index contributed by atoms with van der Waals surface area (Å²) in [6, 6.07) is 23.4. The number of hydrogen-bond acceptors (Lipinski definition) is 5. The molecule has 1 atom stereocenters. The number of Topliss-reactive ketones (excluding diaryl/α,β-unsaturated/α-hetero) is 1. The molecule has 0 bridgehead atoms. The van der Waals surface area contributed by atoms with E-state index < -0.39 is 0 Å². The molecular formula is C20H16N4OS. The Morgan fingerprint density at radius 2 is 1.69 bits per heavy atom. The Balaban J connectivity index is 1.66. The molecule has 0 fully saturated rings. The highest BCUT2D eigenvalue weighted by molar-refractivity contribution is 8.00. The maximum Gasteiger partial charge on any atom is 0.214 e. The fourth-order valence-corrected chi connectivity index (χ4v) is 3.72. The number of aromatic nitrogens is 4. The summed E-state index contributed by atoms with van der Waals surface area (Å²) in [4.78, 5) is 12.6. The van der Waals surface area contributed by atoms with Crippen molar-refractivity contribution < 1.29 is 4.79 Å². The number of rotatable bonds is 5. The third-order valence-corrected chi connectivity index (χ3v) is 5.18. The van der Waals surface area contributed by atoms with Crippen LogP contribution in [-0.4, -0.2) is 31.2 Å². The second kappa shape index (κ2) is 7.09. The first-order valence-electron chi connectivity index (χ1n) is 8.26. The summed E-state index contributed by atoms with van der Waals surface area (Å²) >= 11 is 1.36. The summed E-state index contributed by atoms with van der Waals surface area (Å²) in [5, 5.41) is 14.6. The minimum Gasteiger partial charge on any atom is -0.293 e. The maximum atomic E-state index is 12.6. The van der Waals surface area contributed by atoms with Gasteiger partial charge in [-0.05, 0) is 28.8 Å². The van der Waals surface area contributed by atoms with Crippen molar-refractivity contribution in [1.29, 1.82) is 0 Å². The first kappa shape index (κ1) is 16.5. The van der Waals surface area contributed by atoms with Gasteiger partial charge in [0.1, 0.15) is 0 Å². The number of hydrogen-bond donors (Lipinski definition) is 0. The number of fused-ring (bicyclic) bond motifs is 1. The lowest BCUT2D eigenvalue weighted by atomic mass is 10.1. The predicted octanol–water partition coefficient (Wildman–Crippen LogP) is 4.18. The molecule has 0 aliphatic heterocycles. The minimum atomic E-state index is -0.294. The second-order valence-electron chi connectivity index (χ2n) is 5.86. The molecule has 0 N–H and O–H groups in total. The van der Waals surface area contributed by atoms with Gasteiger partial charge in [0, 0.05) is 10.9 Å². The van der Waals surface area contributed by atoms with Gasteiger partial charge >= 0.3 is 0 Å². The average Bonchev–Trinajstić information content (AvgIpc) is 3.15. The van der Waals surface area contributed by atoms with Gasteiger partial charge in [-0.15, -0.1) is 5.10 Å². The molecule has 0 aliphatic rings. The van der Waals surface area contributed by atoms with E-state index in [0.29, 0.717) is 10.7 Å². The highest BCUT2D eigenvalue weighted by atomic mass is 32.2. The smallest absolute Gasteiger partial charge is 0.214 e. The molecule has 0 aliphatic carbocycles. The average molecular weight is 360 g/mol. The molecule has 3 aromatic carbocycles. The van der Waals surface area contributed by atoms with Crippen LogP contribution < -0.4 is 0 Å².